The van der Waals surface area contributed by atoms with Crippen molar-refractivity contribution in [1.29, 1.82) is 0 Å². The molecule has 3 aliphatic carbocycles. The number of alkyl halides is 5. The normalized spacial score (nSPS) is 26.8. The molecule has 0 aliphatic heterocycles. The van der Waals surface area contributed by atoms with E-state index >= 15 is 0 Å². The summed E-state index contributed by atoms with van der Waals surface area (Å²) in [7, 11) is -3.32. The van der Waals surface area contributed by atoms with Crippen LogP contribution in [0.15, 0.2) is 76.2 Å². The summed E-state index contributed by atoms with van der Waals surface area (Å²) in [6.45, 7) is 3.15. The van der Waals surface area contributed by atoms with Crippen LogP contribution >= 0.6 is 0 Å². The smallest absolute Gasteiger partial charge is 0.386 e. The van der Waals surface area contributed by atoms with Crippen molar-refractivity contribution >= 4 is 27.8 Å². The number of rotatable bonds is 7. The van der Waals surface area contributed by atoms with Gasteiger partial charge in [-0.1, -0.05) is 74.4 Å². The minimum absolute atomic E-state index is 0.0272. The van der Waals surface area contributed by atoms with Crippen LogP contribution in [0.4, 0.5) is 22.0 Å². The summed E-state index contributed by atoms with van der Waals surface area (Å²) in [6, 6.07) is 13.8. The van der Waals surface area contributed by atoms with Gasteiger partial charge in [0, 0.05) is 24.0 Å². The first-order valence-corrected chi connectivity index (χ1v) is 17.0. The first-order valence-electron chi connectivity index (χ1n) is 15.1. The number of ketones is 1. The fourth-order valence-electron chi connectivity index (χ4n) is 7.84. The van der Waals surface area contributed by atoms with E-state index in [-0.39, 0.29) is 23.0 Å². The fraction of sp³-hybridized carbons (Fsp3) is 0.457. The Morgan fingerprint density at radius 2 is 1.53 bits per heavy atom. The van der Waals surface area contributed by atoms with Crippen LogP contribution in [0.3, 0.4) is 0 Å². The molecule has 0 heterocycles. The van der Waals surface area contributed by atoms with Gasteiger partial charge < -0.3 is 5.11 Å². The van der Waals surface area contributed by atoms with Crippen molar-refractivity contribution in [2.45, 2.75) is 81.4 Å². The van der Waals surface area contributed by atoms with Crippen LogP contribution in [0.2, 0.25) is 0 Å². The second-order valence-corrected chi connectivity index (χ2v) is 14.9. The van der Waals surface area contributed by atoms with Gasteiger partial charge in [-0.2, -0.15) is 22.0 Å². The van der Waals surface area contributed by atoms with Crippen molar-refractivity contribution in [2.75, 3.05) is 6.26 Å². The summed E-state index contributed by atoms with van der Waals surface area (Å²) in [4.78, 5) is 12.5. The van der Waals surface area contributed by atoms with E-state index in [0.29, 0.717) is 32.1 Å². The molecule has 5 rings (SSSR count). The van der Waals surface area contributed by atoms with Crippen LogP contribution in [0, 0.1) is 17.3 Å². The van der Waals surface area contributed by atoms with E-state index < -0.39 is 45.3 Å². The van der Waals surface area contributed by atoms with Crippen molar-refractivity contribution in [3.63, 3.8) is 0 Å². The van der Waals surface area contributed by atoms with Crippen molar-refractivity contribution in [1.82, 2.24) is 0 Å². The first-order chi connectivity index (χ1) is 21.0. The van der Waals surface area contributed by atoms with Crippen molar-refractivity contribution in [3.05, 3.63) is 88.0 Å². The highest BCUT2D eigenvalue weighted by atomic mass is 32.2. The lowest BCUT2D eigenvalue weighted by Crippen LogP contribution is -2.59. The molecule has 2 aromatic carbocycles. The molecule has 1 fully saturated rings. The van der Waals surface area contributed by atoms with E-state index in [9.17, 15) is 40.3 Å². The molecule has 2 aromatic rings. The molecule has 1 N–H and O–H groups in total. The molecule has 242 valence electrons. The average Bonchev–Trinajstić information content (AvgIpc) is 2.98. The number of fused-ring (bicyclic) bond motifs is 2. The maximum absolute atomic E-state index is 14.8. The third kappa shape index (κ3) is 6.20. The van der Waals surface area contributed by atoms with Gasteiger partial charge in [0.25, 0.3) is 0 Å². The van der Waals surface area contributed by atoms with Gasteiger partial charge in [0.2, 0.25) is 0 Å². The average molecular weight is 649 g/mol. The Kier molecular flexibility index (Phi) is 8.81. The molecule has 4 nitrogen and oxygen atoms in total. The summed E-state index contributed by atoms with van der Waals surface area (Å²) < 4.78 is 93.8. The zero-order chi connectivity index (χ0) is 32.9. The number of sulfone groups is 1. The lowest BCUT2D eigenvalue weighted by atomic mass is 9.50. The minimum atomic E-state index is -5.90. The molecule has 0 radical (unpaired) electrons. The molecular weight excluding hydrogens is 611 g/mol. The lowest BCUT2D eigenvalue weighted by Gasteiger charge is -2.56. The number of benzene rings is 2. The van der Waals surface area contributed by atoms with Gasteiger partial charge in [-0.25, -0.2) is 8.42 Å². The predicted octanol–water partition coefficient (Wildman–Crippen LogP) is 8.33. The van der Waals surface area contributed by atoms with E-state index in [2.05, 4.69) is 0 Å². The summed E-state index contributed by atoms with van der Waals surface area (Å²) in [5.74, 6) is -6.70. The van der Waals surface area contributed by atoms with Crippen LogP contribution in [-0.2, 0) is 14.6 Å². The van der Waals surface area contributed by atoms with Gasteiger partial charge in [-0.05, 0) is 83.6 Å². The third-order valence-electron chi connectivity index (χ3n) is 10.1. The van der Waals surface area contributed by atoms with Crippen LogP contribution in [0.25, 0.3) is 12.2 Å². The highest BCUT2D eigenvalue weighted by Crippen LogP contribution is 2.62. The molecule has 0 aromatic heterocycles. The molecule has 3 aliphatic rings. The maximum atomic E-state index is 14.8. The molecule has 10 heteroatoms. The second kappa shape index (κ2) is 11.9. The van der Waals surface area contributed by atoms with E-state index in [4.69, 9.17) is 0 Å². The van der Waals surface area contributed by atoms with Crippen LogP contribution in [0.5, 0.6) is 0 Å². The number of hydrogen-bond acceptors (Lipinski definition) is 4. The summed E-state index contributed by atoms with van der Waals surface area (Å²) >= 11 is 0. The monoisotopic (exact) mass is 648 g/mol. The quantitative estimate of drug-likeness (QED) is 0.242. The number of allylic oxidation sites excluding steroid dienone is 4. The van der Waals surface area contributed by atoms with Gasteiger partial charge in [-0.3, -0.25) is 4.79 Å². The highest BCUT2D eigenvalue weighted by molar-refractivity contribution is 7.90. The molecule has 45 heavy (non-hydrogen) atoms. The molecule has 1 saturated carbocycles. The van der Waals surface area contributed by atoms with Crippen LogP contribution in [-0.4, -0.2) is 43.8 Å². The molecular formula is C35H37F5O4S. The Morgan fingerprint density at radius 1 is 0.956 bits per heavy atom. The Bertz CT molecular complexity index is 1650. The molecule has 0 amide bonds. The fourth-order valence-corrected chi connectivity index (χ4v) is 8.47. The number of carbonyl (C=O) groups is 1. The van der Waals surface area contributed by atoms with Gasteiger partial charge in [0.05, 0.1) is 4.90 Å². The number of aliphatic hydroxyl groups is 1. The van der Waals surface area contributed by atoms with E-state index in [0.717, 1.165) is 39.7 Å². The summed E-state index contributed by atoms with van der Waals surface area (Å²) in [6.07, 6.45) is -0.298. The lowest BCUT2D eigenvalue weighted by molar-refractivity contribution is -0.333. The molecule has 0 bridgehead atoms. The molecule has 5 atom stereocenters. The second-order valence-electron chi connectivity index (χ2n) is 12.9. The predicted molar refractivity (Wildman–Crippen MR) is 163 cm³/mol. The SMILES string of the molecule is CCC1C2CCC3=CC(=O)CCC3=C2[C@@H](c2ccc(/C=C/c3ccc(S(C)(=O)=O)cc3)cc2)CC1(C)C(O)C(F)(F)C(F)(F)F. The number of aliphatic hydroxyl groups excluding tert-OH is 1. The Hall–Kier alpha value is -3.11. The van der Waals surface area contributed by atoms with Crippen LogP contribution in [0.1, 0.15) is 75.0 Å². The van der Waals surface area contributed by atoms with Crippen LogP contribution < -0.4 is 0 Å². The topological polar surface area (TPSA) is 71.4 Å². The largest absolute Gasteiger partial charge is 0.456 e. The summed E-state index contributed by atoms with van der Waals surface area (Å²) in [5.41, 5.74) is 3.53. The third-order valence-corrected chi connectivity index (χ3v) is 11.2. The maximum Gasteiger partial charge on any atom is 0.456 e. The standard InChI is InChI=1S/C35H37F5O4S/c1-4-30-28-17-13-24-19-25(41)14-18-27(24)31(28)29(20-33(30,2)32(42)34(36,37)35(38,39)40)23-11-7-21(8-12-23)5-6-22-9-15-26(16-10-22)45(3,43)44/h5-12,15-16,19,28-30,32,42H,4,13-14,17-18,20H2,1-3H3/b6-5+/t28?,29-,30?,32?,33?/m1/s1. The van der Waals surface area contributed by atoms with Crippen molar-refractivity contribution < 1.29 is 40.3 Å². The van der Waals surface area contributed by atoms with Crippen molar-refractivity contribution in [3.8, 4) is 0 Å². The first kappa shape index (κ1) is 33.3. The zero-order valence-electron chi connectivity index (χ0n) is 25.4. The van der Waals surface area contributed by atoms with Gasteiger partial charge in [0.15, 0.2) is 15.6 Å². The van der Waals surface area contributed by atoms with Crippen molar-refractivity contribution in [2.24, 2.45) is 17.3 Å². The molecule has 0 spiro atoms. The van der Waals surface area contributed by atoms with E-state index in [1.807, 2.05) is 36.4 Å². The highest BCUT2D eigenvalue weighted by Gasteiger charge is 2.68. The van der Waals surface area contributed by atoms with Gasteiger partial charge >= 0.3 is 12.1 Å². The Morgan fingerprint density at radius 3 is 2.07 bits per heavy atom. The number of hydrogen-bond donors (Lipinski definition) is 1. The van der Waals surface area contributed by atoms with E-state index in [1.54, 1.807) is 25.1 Å². The number of carbonyl (C=O) groups excluding carboxylic acids is 1. The minimum Gasteiger partial charge on any atom is -0.386 e. The Labute approximate surface area is 260 Å². The molecule has 0 saturated heterocycles. The van der Waals surface area contributed by atoms with Gasteiger partial charge in [-0.15, -0.1) is 0 Å². The zero-order valence-corrected chi connectivity index (χ0v) is 26.2. The van der Waals surface area contributed by atoms with Gasteiger partial charge in [0.1, 0.15) is 6.10 Å². The van der Waals surface area contributed by atoms with E-state index in [1.165, 1.54) is 19.1 Å². The molecule has 4 unspecified atom stereocenters. The number of halogens is 5. The Balaban J connectivity index is 1.54. The summed E-state index contributed by atoms with van der Waals surface area (Å²) in [5, 5.41) is 10.9.